The Balaban J connectivity index is 1.61. The number of rotatable bonds is 4. The zero-order valence-electron chi connectivity index (χ0n) is 11.5. The molecule has 0 heterocycles. The third kappa shape index (κ3) is 2.52. The lowest BCUT2D eigenvalue weighted by Crippen LogP contribution is -2.45. The van der Waals surface area contributed by atoms with Crippen LogP contribution in [0.3, 0.4) is 0 Å². The van der Waals surface area contributed by atoms with E-state index in [4.69, 9.17) is 0 Å². The van der Waals surface area contributed by atoms with Crippen LogP contribution in [0.15, 0.2) is 24.3 Å². The van der Waals surface area contributed by atoms with Gasteiger partial charge in [0.15, 0.2) is 0 Å². The van der Waals surface area contributed by atoms with Gasteiger partial charge in [0, 0.05) is 18.6 Å². The van der Waals surface area contributed by atoms with Gasteiger partial charge in [-0.2, -0.15) is 0 Å². The number of fused-ring (bicyclic) bond motifs is 2. The summed E-state index contributed by atoms with van der Waals surface area (Å²) in [6.45, 7) is 0.165. The number of phenolic OH excluding ortho intramolecular Hbond substituents is 1. The number of hydrogen-bond donors (Lipinski definition) is 3. The molecular weight excluding hydrogens is 254 g/mol. The molecule has 1 aromatic carbocycles. The van der Waals surface area contributed by atoms with Crippen molar-refractivity contribution in [3.8, 4) is 5.75 Å². The minimum atomic E-state index is -0.0217. The van der Waals surface area contributed by atoms with Crippen LogP contribution in [0.1, 0.15) is 24.8 Å². The molecule has 2 saturated carbocycles. The Morgan fingerprint density at radius 1 is 1.30 bits per heavy atom. The van der Waals surface area contributed by atoms with Crippen molar-refractivity contribution in [1.29, 1.82) is 0 Å². The van der Waals surface area contributed by atoms with E-state index in [1.165, 1.54) is 6.42 Å². The summed E-state index contributed by atoms with van der Waals surface area (Å²) in [7, 11) is 0. The summed E-state index contributed by atoms with van der Waals surface area (Å²) in [6.07, 6.45) is 3.77. The molecule has 3 N–H and O–H groups in total. The molecule has 4 unspecified atom stereocenters. The Morgan fingerprint density at radius 3 is 2.85 bits per heavy atom. The highest BCUT2D eigenvalue weighted by atomic mass is 16.3. The third-order valence-corrected chi connectivity index (χ3v) is 4.90. The zero-order valence-corrected chi connectivity index (χ0v) is 11.5. The van der Waals surface area contributed by atoms with Crippen molar-refractivity contribution in [3.63, 3.8) is 0 Å². The fourth-order valence-electron chi connectivity index (χ4n) is 3.99. The number of carbonyl (C=O) groups excluding carboxylic acids is 1. The molecule has 0 spiro atoms. The maximum absolute atomic E-state index is 12.1. The molecule has 0 saturated heterocycles. The number of aromatic hydroxyl groups is 1. The van der Waals surface area contributed by atoms with Crippen LogP contribution in [0, 0.1) is 17.8 Å². The van der Waals surface area contributed by atoms with E-state index < -0.39 is 0 Å². The molecule has 0 radical (unpaired) electrons. The van der Waals surface area contributed by atoms with E-state index in [-0.39, 0.29) is 36.6 Å². The van der Waals surface area contributed by atoms with Crippen molar-refractivity contribution >= 4 is 5.91 Å². The van der Waals surface area contributed by atoms with Crippen molar-refractivity contribution in [3.05, 3.63) is 29.8 Å². The average Bonchev–Trinajstić information content (AvgIpc) is 2.99. The van der Waals surface area contributed by atoms with Gasteiger partial charge < -0.3 is 15.5 Å². The predicted molar refractivity (Wildman–Crippen MR) is 75.1 cm³/mol. The van der Waals surface area contributed by atoms with Crippen molar-refractivity contribution in [2.45, 2.75) is 31.7 Å². The van der Waals surface area contributed by atoms with Crippen molar-refractivity contribution in [2.24, 2.45) is 17.8 Å². The molecule has 1 aromatic rings. The van der Waals surface area contributed by atoms with Gasteiger partial charge in [-0.05, 0) is 48.8 Å². The second-order valence-electron chi connectivity index (χ2n) is 6.12. The molecule has 3 rings (SSSR count). The quantitative estimate of drug-likeness (QED) is 0.779. The lowest BCUT2D eigenvalue weighted by Gasteiger charge is -2.30. The van der Waals surface area contributed by atoms with Crippen LogP contribution in [0.2, 0.25) is 0 Å². The summed E-state index contributed by atoms with van der Waals surface area (Å²) in [5.74, 6) is 1.50. The molecule has 4 nitrogen and oxygen atoms in total. The lowest BCUT2D eigenvalue weighted by atomic mass is 9.85. The van der Waals surface area contributed by atoms with Gasteiger partial charge in [-0.1, -0.05) is 12.1 Å². The van der Waals surface area contributed by atoms with Gasteiger partial charge in [-0.3, -0.25) is 4.79 Å². The summed E-state index contributed by atoms with van der Waals surface area (Å²) in [6, 6.07) is 6.92. The molecule has 4 heteroatoms. The lowest BCUT2D eigenvalue weighted by molar-refractivity contribution is -0.122. The highest BCUT2D eigenvalue weighted by Crippen LogP contribution is 2.48. The second kappa shape index (κ2) is 5.44. The van der Waals surface area contributed by atoms with Crippen molar-refractivity contribution in [1.82, 2.24) is 5.32 Å². The molecule has 20 heavy (non-hydrogen) atoms. The molecule has 108 valence electrons. The van der Waals surface area contributed by atoms with E-state index in [9.17, 15) is 15.0 Å². The van der Waals surface area contributed by atoms with Gasteiger partial charge in [0.2, 0.25) is 5.91 Å². The normalized spacial score (nSPS) is 31.4. The zero-order chi connectivity index (χ0) is 14.1. The van der Waals surface area contributed by atoms with E-state index in [0.717, 1.165) is 18.4 Å². The Labute approximate surface area is 118 Å². The van der Waals surface area contributed by atoms with Gasteiger partial charge >= 0.3 is 0 Å². The standard InChI is InChI=1S/C16H21NO3/c18-9-14-11-4-5-12(8-11)16(14)17-15(20)7-10-2-1-3-13(19)6-10/h1-3,6,11-12,14,16,18-19H,4-5,7-9H2,(H,17,20). The van der Waals surface area contributed by atoms with Gasteiger partial charge in [0.25, 0.3) is 0 Å². The number of hydrogen-bond acceptors (Lipinski definition) is 3. The molecular formula is C16H21NO3. The van der Waals surface area contributed by atoms with Crippen LogP contribution in [-0.4, -0.2) is 28.8 Å². The molecule has 2 bridgehead atoms. The number of phenols is 1. The number of amides is 1. The Hall–Kier alpha value is -1.55. The highest BCUT2D eigenvalue weighted by Gasteiger charge is 2.47. The molecule has 2 aliphatic carbocycles. The summed E-state index contributed by atoms with van der Waals surface area (Å²) in [4.78, 5) is 12.1. The Kier molecular flexibility index (Phi) is 3.66. The maximum Gasteiger partial charge on any atom is 0.224 e. The topological polar surface area (TPSA) is 69.6 Å². The summed E-state index contributed by atoms with van der Waals surface area (Å²) >= 11 is 0. The third-order valence-electron chi connectivity index (χ3n) is 4.90. The first-order chi connectivity index (χ1) is 9.67. The van der Waals surface area contributed by atoms with Gasteiger partial charge in [-0.15, -0.1) is 0 Å². The monoisotopic (exact) mass is 275 g/mol. The van der Waals surface area contributed by atoms with E-state index in [2.05, 4.69) is 5.32 Å². The molecule has 2 fully saturated rings. The number of carbonyl (C=O) groups is 1. The summed E-state index contributed by atoms with van der Waals surface area (Å²) in [5, 5.41) is 22.0. The second-order valence-corrected chi connectivity index (χ2v) is 6.12. The summed E-state index contributed by atoms with van der Waals surface area (Å²) < 4.78 is 0. The first-order valence-corrected chi connectivity index (χ1v) is 7.35. The van der Waals surface area contributed by atoms with Crippen molar-refractivity contribution in [2.75, 3.05) is 6.61 Å². The Bertz CT molecular complexity index is 502. The van der Waals surface area contributed by atoms with E-state index in [1.54, 1.807) is 18.2 Å². The fourth-order valence-corrected chi connectivity index (χ4v) is 3.99. The minimum absolute atomic E-state index is 0.0217. The number of aliphatic hydroxyl groups is 1. The predicted octanol–water partition coefficient (Wildman–Crippen LogP) is 1.46. The molecule has 0 aliphatic heterocycles. The fraction of sp³-hybridized carbons (Fsp3) is 0.562. The number of nitrogens with one attached hydrogen (secondary N) is 1. The number of benzene rings is 1. The Morgan fingerprint density at radius 2 is 2.10 bits per heavy atom. The SMILES string of the molecule is O=C(Cc1cccc(O)c1)NC1C2CCC(C2)C1CO. The smallest absolute Gasteiger partial charge is 0.224 e. The number of aliphatic hydroxyl groups excluding tert-OH is 1. The van der Waals surface area contributed by atoms with Gasteiger partial charge in [0.05, 0.1) is 6.42 Å². The van der Waals surface area contributed by atoms with Gasteiger partial charge in [0.1, 0.15) is 5.75 Å². The van der Waals surface area contributed by atoms with E-state index in [0.29, 0.717) is 11.8 Å². The van der Waals surface area contributed by atoms with Crippen LogP contribution in [0.4, 0.5) is 0 Å². The van der Waals surface area contributed by atoms with Crippen LogP contribution in [0.25, 0.3) is 0 Å². The average molecular weight is 275 g/mol. The van der Waals surface area contributed by atoms with Crippen molar-refractivity contribution < 1.29 is 15.0 Å². The van der Waals surface area contributed by atoms with Crippen LogP contribution in [0.5, 0.6) is 5.75 Å². The van der Waals surface area contributed by atoms with Crippen LogP contribution < -0.4 is 5.32 Å². The van der Waals surface area contributed by atoms with Crippen LogP contribution >= 0.6 is 0 Å². The van der Waals surface area contributed by atoms with Crippen LogP contribution in [-0.2, 0) is 11.2 Å². The first kappa shape index (κ1) is 13.4. The summed E-state index contributed by atoms with van der Waals surface area (Å²) in [5.41, 5.74) is 0.811. The molecule has 1 amide bonds. The maximum atomic E-state index is 12.1. The van der Waals surface area contributed by atoms with E-state index in [1.807, 2.05) is 6.07 Å². The minimum Gasteiger partial charge on any atom is -0.508 e. The first-order valence-electron chi connectivity index (χ1n) is 7.35. The highest BCUT2D eigenvalue weighted by molar-refractivity contribution is 5.79. The molecule has 4 atom stereocenters. The molecule has 0 aromatic heterocycles. The van der Waals surface area contributed by atoms with E-state index >= 15 is 0 Å². The largest absolute Gasteiger partial charge is 0.508 e. The van der Waals surface area contributed by atoms with Gasteiger partial charge in [-0.25, -0.2) is 0 Å². The molecule has 2 aliphatic rings.